The fraction of sp³-hybridized carbons (Fsp3) is 0.778. The van der Waals surface area contributed by atoms with Gasteiger partial charge in [0, 0.05) is 18.5 Å². The maximum absolute atomic E-state index is 4.00. The molecule has 0 saturated heterocycles. The topological polar surface area (TPSA) is 0 Å². The third kappa shape index (κ3) is 4.80. The molecule has 0 spiro atoms. The molecule has 0 aromatic rings. The Morgan fingerprint density at radius 1 is 1.20 bits per heavy atom. The molecule has 0 aliphatic carbocycles. The van der Waals surface area contributed by atoms with Gasteiger partial charge in [0.15, 0.2) is 0 Å². The van der Waals surface area contributed by atoms with Gasteiger partial charge in [0.1, 0.15) is 0 Å². The maximum atomic E-state index is 4.00. The van der Waals surface area contributed by atoms with E-state index in [1.54, 1.807) is 0 Å². The molecule has 0 unspecified atom stereocenters. The first-order chi connectivity index (χ1) is 4.27. The van der Waals surface area contributed by atoms with E-state index in [1.807, 2.05) is 0 Å². The molecule has 0 N–H and O–H groups in total. The molecule has 0 rings (SSSR count). The first-order valence-electron chi connectivity index (χ1n) is 3.83. The van der Waals surface area contributed by atoms with E-state index in [1.165, 1.54) is 0 Å². The van der Waals surface area contributed by atoms with Crippen molar-refractivity contribution in [2.45, 2.75) is 27.7 Å². The Kier molecular flexibility index (Phi) is 2.90. The van der Waals surface area contributed by atoms with Gasteiger partial charge in [-0.25, -0.2) is 0 Å². The van der Waals surface area contributed by atoms with E-state index in [2.05, 4.69) is 41.8 Å². The molecule has 1 nitrogen and oxygen atoms in total. The van der Waals surface area contributed by atoms with Gasteiger partial charge in [0.05, 0.1) is 0 Å². The minimum Gasteiger partial charge on any atom is -0.594 e. The molecule has 0 amide bonds. The average Bonchev–Trinajstić information content (AvgIpc) is 1.60. The fourth-order valence-corrected chi connectivity index (χ4v) is 1.12. The lowest BCUT2D eigenvalue weighted by Gasteiger charge is -2.50. The first-order valence-corrected chi connectivity index (χ1v) is 3.83. The monoisotopic (exact) mass is 142 g/mol. The molecule has 0 atom stereocenters. The van der Waals surface area contributed by atoms with E-state index in [-0.39, 0.29) is 0 Å². The Labute approximate surface area is 65.6 Å². The largest absolute Gasteiger partial charge is 0.594 e. The van der Waals surface area contributed by atoms with Crippen molar-refractivity contribution in [3.8, 4) is 0 Å². The summed E-state index contributed by atoms with van der Waals surface area (Å²) in [5.74, 6) is 0. The summed E-state index contributed by atoms with van der Waals surface area (Å²) < 4.78 is 0.628. The zero-order chi connectivity index (χ0) is 8.41. The summed E-state index contributed by atoms with van der Waals surface area (Å²) in [6, 6.07) is 0. The van der Waals surface area contributed by atoms with E-state index < -0.39 is 0 Å². The summed E-state index contributed by atoms with van der Waals surface area (Å²) in [7, 11) is 8.00. The lowest BCUT2D eigenvalue weighted by Crippen LogP contribution is -2.41. The smallest absolute Gasteiger partial charge is 0.0361 e. The van der Waals surface area contributed by atoms with Crippen molar-refractivity contribution >= 4 is 0 Å². The molecule has 0 aliphatic heterocycles. The second-order valence-electron chi connectivity index (χ2n) is 4.38. The standard InChI is InChI=1S/C9H20N/c1-7-10(5,6)8-9(2,3)4/h5-8H2,1-4H3/q-1. The normalized spacial score (nSPS) is 13.8. The van der Waals surface area contributed by atoms with Crippen LogP contribution in [-0.2, 0) is 0 Å². The van der Waals surface area contributed by atoms with Crippen molar-refractivity contribution in [3.63, 3.8) is 0 Å². The molecule has 0 radical (unpaired) electrons. The predicted molar refractivity (Wildman–Crippen MR) is 45.8 cm³/mol. The van der Waals surface area contributed by atoms with Crippen molar-refractivity contribution < 1.29 is 4.48 Å². The zero-order valence-corrected chi connectivity index (χ0v) is 7.78. The molecule has 0 saturated carbocycles. The Morgan fingerprint density at radius 2 is 1.60 bits per heavy atom. The van der Waals surface area contributed by atoms with Crippen molar-refractivity contribution in [2.24, 2.45) is 5.41 Å². The molecule has 0 aromatic heterocycles. The minimum atomic E-state index is 0.333. The molecule has 10 heavy (non-hydrogen) atoms. The lowest BCUT2D eigenvalue weighted by atomic mass is 9.95. The van der Waals surface area contributed by atoms with Gasteiger partial charge in [-0.05, 0) is 6.92 Å². The highest BCUT2D eigenvalue weighted by molar-refractivity contribution is 4.60. The molecular weight excluding hydrogens is 122 g/mol. The quantitative estimate of drug-likeness (QED) is 0.410. The van der Waals surface area contributed by atoms with Crippen LogP contribution < -0.4 is 0 Å². The molecule has 62 valence electrons. The average molecular weight is 142 g/mol. The third-order valence-corrected chi connectivity index (χ3v) is 1.48. The van der Waals surface area contributed by atoms with Gasteiger partial charge in [0.2, 0.25) is 0 Å². The maximum Gasteiger partial charge on any atom is 0.0361 e. The minimum absolute atomic E-state index is 0.333. The Morgan fingerprint density at radius 3 is 1.70 bits per heavy atom. The van der Waals surface area contributed by atoms with Crippen molar-refractivity contribution in [1.82, 2.24) is 0 Å². The van der Waals surface area contributed by atoms with Crippen LogP contribution in [-0.4, -0.2) is 17.6 Å². The van der Waals surface area contributed by atoms with Gasteiger partial charge in [-0.3, -0.25) is 0 Å². The van der Waals surface area contributed by atoms with Crippen LogP contribution >= 0.6 is 0 Å². The van der Waals surface area contributed by atoms with Crippen LogP contribution in [0.25, 0.3) is 0 Å². The van der Waals surface area contributed by atoms with Gasteiger partial charge in [-0.2, -0.15) is 14.1 Å². The molecule has 0 bridgehead atoms. The second-order valence-corrected chi connectivity index (χ2v) is 4.38. The van der Waals surface area contributed by atoms with Crippen LogP contribution in [0.5, 0.6) is 0 Å². The van der Waals surface area contributed by atoms with Crippen molar-refractivity contribution in [3.05, 3.63) is 14.1 Å². The highest BCUT2D eigenvalue weighted by Gasteiger charge is 2.14. The van der Waals surface area contributed by atoms with Gasteiger partial charge >= 0.3 is 0 Å². The van der Waals surface area contributed by atoms with E-state index in [0.717, 1.165) is 13.1 Å². The van der Waals surface area contributed by atoms with Gasteiger partial charge in [-0.1, -0.05) is 20.8 Å². The summed E-state index contributed by atoms with van der Waals surface area (Å²) in [4.78, 5) is 0. The number of hydrogen-bond acceptors (Lipinski definition) is 0. The SMILES string of the molecule is [CH2-][N+]([CH2-])(CC)CC(C)(C)C. The summed E-state index contributed by atoms with van der Waals surface area (Å²) in [6.45, 7) is 10.8. The summed E-state index contributed by atoms with van der Waals surface area (Å²) >= 11 is 0. The van der Waals surface area contributed by atoms with E-state index in [0.29, 0.717) is 9.90 Å². The Hall–Kier alpha value is -0.0400. The first kappa shape index (κ1) is 9.96. The van der Waals surface area contributed by atoms with Crippen LogP contribution in [0.1, 0.15) is 27.7 Å². The van der Waals surface area contributed by atoms with Crippen molar-refractivity contribution in [2.75, 3.05) is 13.1 Å². The third-order valence-electron chi connectivity index (χ3n) is 1.48. The summed E-state index contributed by atoms with van der Waals surface area (Å²) in [5, 5.41) is 0. The van der Waals surface area contributed by atoms with Gasteiger partial charge in [0.25, 0.3) is 0 Å². The second kappa shape index (κ2) is 2.91. The van der Waals surface area contributed by atoms with Crippen LogP contribution in [0, 0.1) is 19.5 Å². The molecular formula is C9H20N-. The fourth-order valence-electron chi connectivity index (χ4n) is 1.12. The van der Waals surface area contributed by atoms with E-state index in [4.69, 9.17) is 0 Å². The van der Waals surface area contributed by atoms with E-state index >= 15 is 0 Å². The molecule has 0 fully saturated rings. The van der Waals surface area contributed by atoms with Gasteiger partial charge < -0.3 is 4.48 Å². The lowest BCUT2D eigenvalue weighted by molar-refractivity contribution is -0.845. The molecule has 0 heterocycles. The Bertz CT molecular complexity index is 97.8. The molecule has 0 aliphatic rings. The van der Waals surface area contributed by atoms with Crippen LogP contribution in [0.3, 0.4) is 0 Å². The Balaban J connectivity index is 3.89. The number of quaternary nitrogens is 1. The molecule has 0 aromatic carbocycles. The van der Waals surface area contributed by atoms with Crippen LogP contribution in [0.4, 0.5) is 0 Å². The zero-order valence-electron chi connectivity index (χ0n) is 7.78. The van der Waals surface area contributed by atoms with Gasteiger partial charge in [-0.15, -0.1) is 0 Å². The number of nitrogens with zero attached hydrogens (tertiary/aromatic N) is 1. The molecule has 1 heteroatoms. The summed E-state index contributed by atoms with van der Waals surface area (Å²) in [6.07, 6.45) is 0. The number of rotatable bonds is 2. The van der Waals surface area contributed by atoms with Crippen molar-refractivity contribution in [1.29, 1.82) is 0 Å². The predicted octanol–water partition coefficient (Wildman–Crippen LogP) is 2.45. The highest BCUT2D eigenvalue weighted by Crippen LogP contribution is 2.18. The van der Waals surface area contributed by atoms with Crippen LogP contribution in [0.2, 0.25) is 0 Å². The number of hydrogen-bond donors (Lipinski definition) is 0. The summed E-state index contributed by atoms with van der Waals surface area (Å²) in [5.41, 5.74) is 0.333. The highest BCUT2D eigenvalue weighted by atomic mass is 15.3. The van der Waals surface area contributed by atoms with E-state index in [9.17, 15) is 0 Å². The van der Waals surface area contributed by atoms with Crippen LogP contribution in [0.15, 0.2) is 0 Å².